The van der Waals surface area contributed by atoms with E-state index in [-0.39, 0.29) is 11.9 Å². The first-order valence-electron chi connectivity index (χ1n) is 9.81. The average molecular weight is 408 g/mol. The molecule has 1 amide bonds. The van der Waals surface area contributed by atoms with Gasteiger partial charge in [0, 0.05) is 18.5 Å². The fraction of sp³-hybridized carbons (Fsp3) is 0.524. The van der Waals surface area contributed by atoms with E-state index in [1.165, 1.54) is 12.5 Å². The molecule has 6 nitrogen and oxygen atoms in total. The van der Waals surface area contributed by atoms with E-state index in [1.807, 2.05) is 0 Å². The molecule has 0 aromatic heterocycles. The summed E-state index contributed by atoms with van der Waals surface area (Å²) in [6, 6.07) is 3.63. The largest absolute Gasteiger partial charge is 0.489 e. The first kappa shape index (κ1) is 20.5. The lowest BCUT2D eigenvalue weighted by Gasteiger charge is -2.24. The van der Waals surface area contributed by atoms with E-state index >= 15 is 0 Å². The minimum atomic E-state index is -0.841. The topological polar surface area (TPSA) is 73.9 Å². The Morgan fingerprint density at radius 3 is 2.71 bits per heavy atom. The van der Waals surface area contributed by atoms with Crippen molar-refractivity contribution in [3.05, 3.63) is 28.8 Å². The summed E-state index contributed by atoms with van der Waals surface area (Å²) < 4.78 is 16.4. The van der Waals surface area contributed by atoms with E-state index in [9.17, 15) is 9.59 Å². The van der Waals surface area contributed by atoms with Crippen LogP contribution in [0.1, 0.15) is 51.0 Å². The molecule has 7 heteroatoms. The third kappa shape index (κ3) is 5.64. The SMILES string of the molecule is C[C@@H](OC(=O)/C=C/c1cc(Cl)c2c(c1)OCCCO2)C(=O)NC1CCCCC1. The molecule has 1 aromatic rings. The van der Waals surface area contributed by atoms with Gasteiger partial charge in [-0.15, -0.1) is 0 Å². The number of hydrogen-bond donors (Lipinski definition) is 1. The number of carbonyl (C=O) groups excluding carboxylic acids is 2. The normalized spacial score (nSPS) is 18.4. The first-order chi connectivity index (χ1) is 13.5. The number of nitrogens with one attached hydrogen (secondary N) is 1. The summed E-state index contributed by atoms with van der Waals surface area (Å²) in [5.41, 5.74) is 0.686. The van der Waals surface area contributed by atoms with Crippen molar-refractivity contribution in [1.29, 1.82) is 0 Å². The van der Waals surface area contributed by atoms with Crippen LogP contribution in [0, 0.1) is 0 Å². The third-order valence-corrected chi connectivity index (χ3v) is 5.13. The Bertz CT molecular complexity index is 743. The number of fused-ring (bicyclic) bond motifs is 1. The van der Waals surface area contributed by atoms with Gasteiger partial charge in [0.15, 0.2) is 17.6 Å². The van der Waals surface area contributed by atoms with Crippen LogP contribution in [0.3, 0.4) is 0 Å². The molecule has 0 bridgehead atoms. The fourth-order valence-corrected chi connectivity index (χ4v) is 3.62. The molecule has 28 heavy (non-hydrogen) atoms. The highest BCUT2D eigenvalue weighted by atomic mass is 35.5. The maximum absolute atomic E-state index is 12.2. The fourth-order valence-electron chi connectivity index (χ4n) is 3.34. The van der Waals surface area contributed by atoms with Crippen LogP contribution < -0.4 is 14.8 Å². The van der Waals surface area contributed by atoms with Gasteiger partial charge in [0.05, 0.1) is 18.2 Å². The third-order valence-electron chi connectivity index (χ3n) is 4.85. The summed E-state index contributed by atoms with van der Waals surface area (Å²) in [5.74, 6) is 0.229. The summed E-state index contributed by atoms with van der Waals surface area (Å²) in [6.07, 6.45) is 8.23. The molecule has 0 radical (unpaired) electrons. The number of halogens is 1. The lowest BCUT2D eigenvalue weighted by Crippen LogP contribution is -2.42. The van der Waals surface area contributed by atoms with Crippen molar-refractivity contribution in [3.63, 3.8) is 0 Å². The van der Waals surface area contributed by atoms with Crippen molar-refractivity contribution in [2.75, 3.05) is 13.2 Å². The number of carbonyl (C=O) groups is 2. The van der Waals surface area contributed by atoms with Crippen LogP contribution in [0.15, 0.2) is 18.2 Å². The number of amides is 1. The van der Waals surface area contributed by atoms with Crippen molar-refractivity contribution in [3.8, 4) is 11.5 Å². The van der Waals surface area contributed by atoms with Gasteiger partial charge in [-0.1, -0.05) is 30.9 Å². The van der Waals surface area contributed by atoms with E-state index < -0.39 is 12.1 Å². The molecule has 1 aliphatic heterocycles. The number of ether oxygens (including phenoxy) is 3. The first-order valence-corrected chi connectivity index (χ1v) is 10.2. The Morgan fingerprint density at radius 1 is 1.18 bits per heavy atom. The van der Waals surface area contributed by atoms with Crippen LogP contribution in [0.25, 0.3) is 6.08 Å². The van der Waals surface area contributed by atoms with Crippen molar-refractivity contribution < 1.29 is 23.8 Å². The van der Waals surface area contributed by atoms with Gasteiger partial charge in [-0.2, -0.15) is 0 Å². The molecule has 1 saturated carbocycles. The molecule has 3 rings (SSSR count). The number of hydrogen-bond acceptors (Lipinski definition) is 5. The second kappa shape index (κ2) is 9.82. The maximum Gasteiger partial charge on any atom is 0.331 e. The zero-order valence-electron chi connectivity index (χ0n) is 16.0. The van der Waals surface area contributed by atoms with Crippen LogP contribution in [0.2, 0.25) is 5.02 Å². The molecular formula is C21H26ClNO5. The monoisotopic (exact) mass is 407 g/mol. The highest BCUT2D eigenvalue weighted by molar-refractivity contribution is 6.32. The van der Waals surface area contributed by atoms with Gasteiger partial charge < -0.3 is 19.5 Å². The Kier molecular flexibility index (Phi) is 7.20. The molecule has 2 aliphatic rings. The van der Waals surface area contributed by atoms with Gasteiger partial charge in [-0.3, -0.25) is 4.79 Å². The Hall–Kier alpha value is -2.21. The zero-order valence-corrected chi connectivity index (χ0v) is 16.8. The molecule has 152 valence electrons. The Balaban J connectivity index is 1.55. The van der Waals surface area contributed by atoms with Crippen LogP contribution >= 0.6 is 11.6 Å². The van der Waals surface area contributed by atoms with E-state index in [4.69, 9.17) is 25.8 Å². The van der Waals surface area contributed by atoms with Crippen molar-refractivity contribution in [2.24, 2.45) is 0 Å². The van der Waals surface area contributed by atoms with Crippen LogP contribution in [-0.2, 0) is 14.3 Å². The molecule has 1 N–H and O–H groups in total. The van der Waals surface area contributed by atoms with Crippen LogP contribution in [0.5, 0.6) is 11.5 Å². The Morgan fingerprint density at radius 2 is 1.93 bits per heavy atom. The van der Waals surface area contributed by atoms with Crippen molar-refractivity contribution in [1.82, 2.24) is 5.32 Å². The highest BCUT2D eigenvalue weighted by Crippen LogP contribution is 2.38. The molecule has 1 atom stereocenters. The predicted octanol–water partition coefficient (Wildman–Crippen LogP) is 3.90. The van der Waals surface area contributed by atoms with E-state index in [1.54, 1.807) is 25.1 Å². The second-order valence-corrected chi connectivity index (χ2v) is 7.54. The van der Waals surface area contributed by atoms with E-state index in [2.05, 4.69) is 5.32 Å². The molecule has 0 spiro atoms. The smallest absolute Gasteiger partial charge is 0.331 e. The number of esters is 1. The summed E-state index contributed by atoms with van der Waals surface area (Å²) in [4.78, 5) is 24.3. The molecule has 1 heterocycles. The molecular weight excluding hydrogens is 382 g/mol. The van der Waals surface area contributed by atoms with Gasteiger partial charge in [0.25, 0.3) is 5.91 Å². The molecule has 1 aromatic carbocycles. The van der Waals surface area contributed by atoms with Gasteiger partial charge in [0.2, 0.25) is 0 Å². The minimum Gasteiger partial charge on any atom is -0.489 e. The number of benzene rings is 1. The van der Waals surface area contributed by atoms with Gasteiger partial charge in [-0.05, 0) is 43.5 Å². The number of rotatable bonds is 5. The summed E-state index contributed by atoms with van der Waals surface area (Å²) in [6.45, 7) is 2.68. The molecule has 1 aliphatic carbocycles. The summed E-state index contributed by atoms with van der Waals surface area (Å²) in [7, 11) is 0. The standard InChI is InChI=1S/C21H26ClNO5/c1-14(21(25)23-16-6-3-2-4-7-16)28-19(24)9-8-15-12-17(22)20-18(13-15)26-10-5-11-27-20/h8-9,12-14,16H,2-7,10-11H2,1H3,(H,23,25)/b9-8+/t14-/m1/s1. The average Bonchev–Trinajstić information content (AvgIpc) is 2.93. The van der Waals surface area contributed by atoms with Crippen molar-refractivity contribution >= 4 is 29.6 Å². The highest BCUT2D eigenvalue weighted by Gasteiger charge is 2.21. The minimum absolute atomic E-state index is 0.182. The Labute approximate surface area is 170 Å². The van der Waals surface area contributed by atoms with Crippen LogP contribution in [-0.4, -0.2) is 37.2 Å². The van der Waals surface area contributed by atoms with Gasteiger partial charge in [0.1, 0.15) is 0 Å². The van der Waals surface area contributed by atoms with Gasteiger partial charge >= 0.3 is 5.97 Å². The molecule has 0 saturated heterocycles. The summed E-state index contributed by atoms with van der Waals surface area (Å²) >= 11 is 6.25. The van der Waals surface area contributed by atoms with E-state index in [0.717, 1.165) is 32.1 Å². The lowest BCUT2D eigenvalue weighted by molar-refractivity contribution is -0.150. The zero-order chi connectivity index (χ0) is 19.9. The second-order valence-electron chi connectivity index (χ2n) is 7.14. The quantitative estimate of drug-likeness (QED) is 0.592. The van der Waals surface area contributed by atoms with E-state index in [0.29, 0.717) is 35.3 Å². The predicted molar refractivity (Wildman–Crippen MR) is 107 cm³/mol. The van der Waals surface area contributed by atoms with Gasteiger partial charge in [-0.25, -0.2) is 4.79 Å². The molecule has 0 unspecified atom stereocenters. The molecule has 1 fully saturated rings. The summed E-state index contributed by atoms with van der Waals surface area (Å²) in [5, 5.41) is 3.38. The maximum atomic E-state index is 12.2. The van der Waals surface area contributed by atoms with Crippen LogP contribution in [0.4, 0.5) is 0 Å². The van der Waals surface area contributed by atoms with Crippen molar-refractivity contribution in [2.45, 2.75) is 57.6 Å². The lowest BCUT2D eigenvalue weighted by atomic mass is 9.95.